The number of carbonyl (C=O) groups excluding carboxylic acids is 2. The molecule has 0 saturated carbocycles. The Hall–Kier alpha value is -2.97. The van der Waals surface area contributed by atoms with Gasteiger partial charge in [0, 0.05) is 37.3 Å². The van der Waals surface area contributed by atoms with Gasteiger partial charge in [-0.15, -0.1) is 0 Å². The van der Waals surface area contributed by atoms with Crippen LogP contribution >= 0.6 is 11.3 Å². The molecular formula is C23H25N3O4S. The van der Waals surface area contributed by atoms with Crippen LogP contribution in [0.15, 0.2) is 47.3 Å². The normalized spacial score (nSPS) is 14.7. The molecule has 1 aliphatic rings. The Kier molecular flexibility index (Phi) is 6.20. The Morgan fingerprint density at radius 2 is 1.68 bits per heavy atom. The van der Waals surface area contributed by atoms with E-state index in [2.05, 4.69) is 11.8 Å². The highest BCUT2D eigenvalue weighted by molar-refractivity contribution is 7.16. The molecule has 1 aromatic heterocycles. The molecule has 0 radical (unpaired) electrons. The molecule has 2 heterocycles. The lowest BCUT2D eigenvalue weighted by Crippen LogP contribution is -2.49. The van der Waals surface area contributed by atoms with Gasteiger partial charge in [0.2, 0.25) is 5.91 Å². The molecule has 8 heteroatoms. The minimum atomic E-state index is -0.190. The smallest absolute Gasteiger partial charge is 0.308 e. The fourth-order valence-corrected chi connectivity index (χ4v) is 4.75. The van der Waals surface area contributed by atoms with Crippen molar-refractivity contribution in [1.82, 2.24) is 14.4 Å². The van der Waals surface area contributed by atoms with Crippen molar-refractivity contribution in [3.05, 3.63) is 63.3 Å². The third-order valence-electron chi connectivity index (χ3n) is 5.75. The van der Waals surface area contributed by atoms with E-state index in [-0.39, 0.29) is 23.1 Å². The second kappa shape index (κ2) is 9.03. The largest absolute Gasteiger partial charge is 0.497 e. The van der Waals surface area contributed by atoms with Crippen LogP contribution in [0.5, 0.6) is 5.75 Å². The number of thiazole rings is 1. The summed E-state index contributed by atoms with van der Waals surface area (Å²) in [6.45, 7) is 6.21. The van der Waals surface area contributed by atoms with E-state index in [1.54, 1.807) is 49.6 Å². The van der Waals surface area contributed by atoms with E-state index in [0.717, 1.165) is 31.0 Å². The summed E-state index contributed by atoms with van der Waals surface area (Å²) in [6.07, 6.45) is 0. The van der Waals surface area contributed by atoms with Gasteiger partial charge in [0.15, 0.2) is 5.78 Å². The molecule has 4 rings (SSSR count). The Labute approximate surface area is 184 Å². The van der Waals surface area contributed by atoms with Crippen molar-refractivity contribution in [1.29, 1.82) is 0 Å². The minimum Gasteiger partial charge on any atom is -0.497 e. The lowest BCUT2D eigenvalue weighted by molar-refractivity contribution is -0.133. The zero-order chi connectivity index (χ0) is 22.0. The van der Waals surface area contributed by atoms with Gasteiger partial charge in [0.25, 0.3) is 0 Å². The van der Waals surface area contributed by atoms with Gasteiger partial charge in [-0.25, -0.2) is 0 Å². The standard InChI is InChI=1S/C23H25N3O4S/c1-3-24-10-12-25(13-11-24)21(27)15-26-19-9-6-17(14-20(19)31-23(26)29)22(28)16-4-7-18(30-2)8-5-16/h4-9,14H,3,10-13,15H2,1-2H3. The van der Waals surface area contributed by atoms with E-state index in [1.165, 1.54) is 4.57 Å². The first-order chi connectivity index (χ1) is 15.0. The molecule has 1 amide bonds. The van der Waals surface area contributed by atoms with E-state index < -0.39 is 0 Å². The van der Waals surface area contributed by atoms with Crippen molar-refractivity contribution in [2.45, 2.75) is 13.5 Å². The highest BCUT2D eigenvalue weighted by Gasteiger charge is 2.22. The van der Waals surface area contributed by atoms with Gasteiger partial charge < -0.3 is 14.5 Å². The molecule has 0 atom stereocenters. The number of ketones is 1. The van der Waals surface area contributed by atoms with Crippen molar-refractivity contribution < 1.29 is 14.3 Å². The minimum absolute atomic E-state index is 0.0245. The summed E-state index contributed by atoms with van der Waals surface area (Å²) in [5.74, 6) is 0.515. The van der Waals surface area contributed by atoms with Crippen LogP contribution < -0.4 is 9.61 Å². The Bertz CT molecular complexity index is 1160. The number of rotatable bonds is 6. The Morgan fingerprint density at radius 1 is 1.00 bits per heavy atom. The molecule has 0 bridgehead atoms. The monoisotopic (exact) mass is 439 g/mol. The van der Waals surface area contributed by atoms with Gasteiger partial charge in [-0.05, 0) is 49.0 Å². The van der Waals surface area contributed by atoms with Crippen LogP contribution in [-0.2, 0) is 11.3 Å². The van der Waals surface area contributed by atoms with Crippen LogP contribution in [0.1, 0.15) is 22.8 Å². The summed E-state index contributed by atoms with van der Waals surface area (Å²) < 4.78 is 7.35. The molecule has 31 heavy (non-hydrogen) atoms. The van der Waals surface area contributed by atoms with Crippen LogP contribution in [-0.4, -0.2) is 65.9 Å². The van der Waals surface area contributed by atoms with E-state index in [9.17, 15) is 14.4 Å². The molecule has 0 spiro atoms. The number of likely N-dealkylation sites (N-methyl/N-ethyl adjacent to an activating group) is 1. The van der Waals surface area contributed by atoms with Crippen molar-refractivity contribution in [2.24, 2.45) is 0 Å². The highest BCUT2D eigenvalue weighted by Crippen LogP contribution is 2.22. The first-order valence-corrected chi connectivity index (χ1v) is 11.1. The van der Waals surface area contributed by atoms with Crippen molar-refractivity contribution >= 4 is 33.2 Å². The molecule has 0 aliphatic carbocycles. The zero-order valence-electron chi connectivity index (χ0n) is 17.7. The number of hydrogen-bond acceptors (Lipinski definition) is 6. The van der Waals surface area contributed by atoms with Gasteiger partial charge >= 0.3 is 4.87 Å². The lowest BCUT2D eigenvalue weighted by atomic mass is 10.0. The molecule has 162 valence electrons. The van der Waals surface area contributed by atoms with E-state index in [4.69, 9.17) is 4.74 Å². The van der Waals surface area contributed by atoms with E-state index in [1.807, 2.05) is 4.90 Å². The summed E-state index contributed by atoms with van der Waals surface area (Å²) in [5, 5.41) is 0. The zero-order valence-corrected chi connectivity index (χ0v) is 18.5. The molecule has 3 aromatic rings. The highest BCUT2D eigenvalue weighted by atomic mass is 32.1. The number of carbonyl (C=O) groups is 2. The molecule has 1 fully saturated rings. The second-order valence-electron chi connectivity index (χ2n) is 7.51. The summed E-state index contributed by atoms with van der Waals surface area (Å²) in [4.78, 5) is 42.1. The molecule has 7 nitrogen and oxygen atoms in total. The first kappa shape index (κ1) is 21.3. The fourth-order valence-electron chi connectivity index (χ4n) is 3.82. The average Bonchev–Trinajstić information content (AvgIpc) is 3.12. The maximum atomic E-state index is 12.8. The van der Waals surface area contributed by atoms with Crippen molar-refractivity contribution in [3.8, 4) is 5.75 Å². The molecule has 0 N–H and O–H groups in total. The molecule has 1 aliphatic heterocycles. The maximum Gasteiger partial charge on any atom is 0.308 e. The van der Waals surface area contributed by atoms with E-state index >= 15 is 0 Å². The van der Waals surface area contributed by atoms with Crippen LogP contribution in [0.2, 0.25) is 0 Å². The molecular weight excluding hydrogens is 414 g/mol. The van der Waals surface area contributed by atoms with Crippen LogP contribution in [0.4, 0.5) is 0 Å². The van der Waals surface area contributed by atoms with Crippen molar-refractivity contribution in [3.63, 3.8) is 0 Å². The number of methoxy groups -OCH3 is 1. The number of hydrogen-bond donors (Lipinski definition) is 0. The molecule has 1 saturated heterocycles. The SMILES string of the molecule is CCN1CCN(C(=O)Cn2c(=O)sc3cc(C(=O)c4ccc(OC)cc4)ccc32)CC1. The second-order valence-corrected chi connectivity index (χ2v) is 8.50. The van der Waals surface area contributed by atoms with Gasteiger partial charge in [0.05, 0.1) is 17.3 Å². The van der Waals surface area contributed by atoms with Gasteiger partial charge in [-0.3, -0.25) is 19.0 Å². The number of nitrogens with zero attached hydrogens (tertiary/aromatic N) is 3. The number of ether oxygens (including phenoxy) is 1. The summed E-state index contributed by atoms with van der Waals surface area (Å²) in [7, 11) is 1.58. The average molecular weight is 440 g/mol. The first-order valence-electron chi connectivity index (χ1n) is 10.3. The molecule has 2 aromatic carbocycles. The summed E-state index contributed by atoms with van der Waals surface area (Å²) >= 11 is 1.06. The van der Waals surface area contributed by atoms with Crippen LogP contribution in [0, 0.1) is 0 Å². The number of amides is 1. The quantitative estimate of drug-likeness (QED) is 0.552. The lowest BCUT2D eigenvalue weighted by Gasteiger charge is -2.34. The van der Waals surface area contributed by atoms with Gasteiger partial charge in [-0.1, -0.05) is 18.3 Å². The van der Waals surface area contributed by atoms with Crippen LogP contribution in [0.25, 0.3) is 10.2 Å². The third kappa shape index (κ3) is 4.40. The summed E-state index contributed by atoms with van der Waals surface area (Å²) in [6, 6.07) is 12.1. The predicted molar refractivity (Wildman–Crippen MR) is 121 cm³/mol. The van der Waals surface area contributed by atoms with E-state index in [0.29, 0.717) is 40.2 Å². The number of benzene rings is 2. The van der Waals surface area contributed by atoms with Crippen LogP contribution in [0.3, 0.4) is 0 Å². The Balaban J connectivity index is 1.54. The maximum absolute atomic E-state index is 12.8. The van der Waals surface area contributed by atoms with Gasteiger partial charge in [0.1, 0.15) is 12.3 Å². The third-order valence-corrected chi connectivity index (χ3v) is 6.69. The van der Waals surface area contributed by atoms with Crippen molar-refractivity contribution in [2.75, 3.05) is 39.8 Å². The number of fused-ring (bicyclic) bond motifs is 1. The molecule has 0 unspecified atom stereocenters. The number of aromatic nitrogens is 1. The summed E-state index contributed by atoms with van der Waals surface area (Å²) in [5.41, 5.74) is 1.74. The topological polar surface area (TPSA) is 71.8 Å². The predicted octanol–water partition coefficient (Wildman–Crippen LogP) is 2.47. The fraction of sp³-hybridized carbons (Fsp3) is 0.348. The number of piperazine rings is 1. The van der Waals surface area contributed by atoms with Gasteiger partial charge in [-0.2, -0.15) is 0 Å². The Morgan fingerprint density at radius 3 is 2.32 bits per heavy atom.